The highest BCUT2D eigenvalue weighted by atomic mass is 16.6. The number of rotatable bonds is 4. The molecule has 2 unspecified atom stereocenters. The SMILES string of the molecule is C[C@H](C/C=C/C(C)(C)O)[C@H]1CC[C@@]2(C)C3C=C[C@@]45O[C@H](O)[C@]3(CC[C@]12C)C4CC[C@H](O)C5(C)C. The molecule has 4 nitrogen and oxygen atoms in total. The lowest BCUT2D eigenvalue weighted by Crippen LogP contribution is -2.65. The summed E-state index contributed by atoms with van der Waals surface area (Å²) < 4.78 is 6.58. The molecule has 5 rings (SSSR count). The van der Waals surface area contributed by atoms with Crippen LogP contribution in [0.2, 0.25) is 0 Å². The van der Waals surface area contributed by atoms with Gasteiger partial charge in [-0.15, -0.1) is 0 Å². The van der Waals surface area contributed by atoms with Gasteiger partial charge in [0.25, 0.3) is 0 Å². The second kappa shape index (κ2) is 7.43. The van der Waals surface area contributed by atoms with Crippen LogP contribution in [-0.2, 0) is 4.74 Å². The van der Waals surface area contributed by atoms with Crippen molar-refractivity contribution in [3.05, 3.63) is 24.3 Å². The smallest absolute Gasteiger partial charge is 0.162 e. The summed E-state index contributed by atoms with van der Waals surface area (Å²) in [5, 5.41) is 32.6. The first-order chi connectivity index (χ1) is 15.7. The highest BCUT2D eigenvalue weighted by molar-refractivity contribution is 5.34. The van der Waals surface area contributed by atoms with E-state index >= 15 is 0 Å². The summed E-state index contributed by atoms with van der Waals surface area (Å²) in [5.41, 5.74) is -1.67. The molecular formula is C30H48O4. The fraction of sp³-hybridized carbons (Fsp3) is 0.867. The summed E-state index contributed by atoms with van der Waals surface area (Å²) >= 11 is 0. The Morgan fingerprint density at radius 3 is 2.41 bits per heavy atom. The predicted molar refractivity (Wildman–Crippen MR) is 135 cm³/mol. The monoisotopic (exact) mass is 472 g/mol. The van der Waals surface area contributed by atoms with Crippen molar-refractivity contribution < 1.29 is 20.1 Å². The standard InChI is InChI=1S/C30H48O4/c1-19(9-8-14-25(2,3)33)20-12-15-28(7)21-13-16-30-22(10-11-23(31)26(30,4)5)29(21,24(32)34-30)18-17-27(20,28)6/h8,13-14,16,19-24,31-33H,9-12,15,17-18H2,1-7H3/b14-8+/t19-,20-,21?,22?,23+,24+,27-,28+,29+,30-/m1/s1. The third-order valence-corrected chi connectivity index (χ3v) is 12.2. The van der Waals surface area contributed by atoms with Gasteiger partial charge in [0.15, 0.2) is 6.29 Å². The van der Waals surface area contributed by atoms with E-state index in [4.69, 9.17) is 4.74 Å². The molecule has 10 atom stereocenters. The average molecular weight is 473 g/mol. The number of fused-ring (bicyclic) bond motifs is 2. The van der Waals surface area contributed by atoms with Gasteiger partial charge in [0.2, 0.25) is 0 Å². The Balaban J connectivity index is 1.50. The van der Waals surface area contributed by atoms with Crippen LogP contribution in [0.25, 0.3) is 0 Å². The van der Waals surface area contributed by atoms with Crippen molar-refractivity contribution in [3.63, 3.8) is 0 Å². The minimum absolute atomic E-state index is 0.113. The Kier molecular flexibility index (Phi) is 5.46. The maximum absolute atomic E-state index is 11.6. The molecule has 1 aliphatic heterocycles. The molecule has 4 aliphatic carbocycles. The molecule has 0 aromatic heterocycles. The Labute approximate surface area is 206 Å². The van der Waals surface area contributed by atoms with Crippen LogP contribution in [0.1, 0.15) is 93.4 Å². The lowest BCUT2D eigenvalue weighted by Gasteiger charge is -2.65. The van der Waals surface area contributed by atoms with Crippen molar-refractivity contribution in [1.82, 2.24) is 0 Å². The Morgan fingerprint density at radius 1 is 1.03 bits per heavy atom. The van der Waals surface area contributed by atoms with Crippen LogP contribution in [0.15, 0.2) is 24.3 Å². The lowest BCUT2D eigenvalue weighted by atomic mass is 9.38. The van der Waals surface area contributed by atoms with Gasteiger partial charge in [0.05, 0.1) is 11.7 Å². The van der Waals surface area contributed by atoms with Gasteiger partial charge in [-0.3, -0.25) is 0 Å². The molecule has 192 valence electrons. The first kappa shape index (κ1) is 25.0. The van der Waals surface area contributed by atoms with Crippen molar-refractivity contribution in [2.24, 2.45) is 45.3 Å². The molecule has 0 aromatic carbocycles. The molecule has 3 saturated carbocycles. The highest BCUT2D eigenvalue weighted by Crippen LogP contribution is 2.78. The molecule has 4 fully saturated rings. The van der Waals surface area contributed by atoms with Crippen molar-refractivity contribution in [2.45, 2.75) is 117 Å². The van der Waals surface area contributed by atoms with Gasteiger partial charge in [-0.05, 0) is 87.4 Å². The minimum Gasteiger partial charge on any atom is -0.392 e. The topological polar surface area (TPSA) is 69.9 Å². The van der Waals surface area contributed by atoms with E-state index in [2.05, 4.69) is 52.8 Å². The maximum Gasteiger partial charge on any atom is 0.162 e. The third kappa shape index (κ3) is 2.92. The number of hydrogen-bond acceptors (Lipinski definition) is 4. The van der Waals surface area contributed by atoms with E-state index < -0.39 is 29.0 Å². The van der Waals surface area contributed by atoms with Crippen molar-refractivity contribution in [1.29, 1.82) is 0 Å². The zero-order valence-corrected chi connectivity index (χ0v) is 22.5. The number of hydrogen-bond donors (Lipinski definition) is 3. The number of aliphatic hydroxyl groups excluding tert-OH is 2. The van der Waals surface area contributed by atoms with E-state index in [0.717, 1.165) is 32.1 Å². The predicted octanol–water partition coefficient (Wildman–Crippen LogP) is 5.61. The fourth-order valence-corrected chi connectivity index (χ4v) is 9.98. The van der Waals surface area contributed by atoms with Crippen molar-refractivity contribution >= 4 is 0 Å². The summed E-state index contributed by atoms with van der Waals surface area (Å²) in [5.74, 6) is 1.74. The molecule has 0 radical (unpaired) electrons. The van der Waals surface area contributed by atoms with Gasteiger partial charge in [0.1, 0.15) is 5.60 Å². The van der Waals surface area contributed by atoms with Crippen LogP contribution < -0.4 is 0 Å². The molecule has 34 heavy (non-hydrogen) atoms. The van der Waals surface area contributed by atoms with Crippen LogP contribution in [0.3, 0.4) is 0 Å². The Bertz CT molecular complexity index is 885. The molecule has 0 amide bonds. The van der Waals surface area contributed by atoms with E-state index in [-0.39, 0.29) is 22.2 Å². The number of allylic oxidation sites excluding steroid dienone is 2. The number of aliphatic hydroxyl groups is 3. The molecule has 1 saturated heterocycles. The molecule has 1 heterocycles. The molecule has 2 bridgehead atoms. The van der Waals surface area contributed by atoms with Gasteiger partial charge in [-0.1, -0.05) is 58.9 Å². The second-order valence-corrected chi connectivity index (χ2v) is 14.3. The molecular weight excluding hydrogens is 424 g/mol. The quantitative estimate of drug-likeness (QED) is 0.465. The summed E-state index contributed by atoms with van der Waals surface area (Å²) in [6.45, 7) is 15.3. The van der Waals surface area contributed by atoms with E-state index in [1.165, 1.54) is 12.8 Å². The van der Waals surface area contributed by atoms with E-state index in [1.807, 2.05) is 19.9 Å². The fourth-order valence-electron chi connectivity index (χ4n) is 9.98. The average Bonchev–Trinajstić information content (AvgIpc) is 3.09. The lowest BCUT2D eigenvalue weighted by molar-refractivity contribution is -0.213. The van der Waals surface area contributed by atoms with Crippen LogP contribution in [0, 0.1) is 45.3 Å². The zero-order chi connectivity index (χ0) is 24.9. The van der Waals surface area contributed by atoms with E-state index in [1.54, 1.807) is 0 Å². The Hall–Kier alpha value is -0.680. The van der Waals surface area contributed by atoms with Gasteiger partial charge < -0.3 is 20.1 Å². The third-order valence-electron chi connectivity index (χ3n) is 12.2. The highest BCUT2D eigenvalue weighted by Gasteiger charge is 2.78. The van der Waals surface area contributed by atoms with E-state index in [9.17, 15) is 15.3 Å². The maximum atomic E-state index is 11.6. The van der Waals surface area contributed by atoms with E-state index in [0.29, 0.717) is 17.8 Å². The largest absolute Gasteiger partial charge is 0.392 e. The zero-order valence-electron chi connectivity index (χ0n) is 22.5. The van der Waals surface area contributed by atoms with Crippen molar-refractivity contribution in [2.75, 3.05) is 0 Å². The van der Waals surface area contributed by atoms with Gasteiger partial charge in [0, 0.05) is 16.7 Å². The minimum atomic E-state index is -0.769. The normalized spacial score (nSPS) is 52.4. The molecule has 0 aromatic rings. The Morgan fingerprint density at radius 2 is 1.74 bits per heavy atom. The summed E-state index contributed by atoms with van der Waals surface area (Å²) in [7, 11) is 0. The van der Waals surface area contributed by atoms with Crippen LogP contribution in [0.5, 0.6) is 0 Å². The summed E-state index contributed by atoms with van der Waals surface area (Å²) in [4.78, 5) is 0. The van der Waals surface area contributed by atoms with Crippen LogP contribution in [0.4, 0.5) is 0 Å². The number of ether oxygens (including phenoxy) is 1. The van der Waals surface area contributed by atoms with Crippen LogP contribution in [-0.4, -0.2) is 38.9 Å². The first-order valence-corrected chi connectivity index (χ1v) is 13.8. The van der Waals surface area contributed by atoms with Crippen LogP contribution >= 0.6 is 0 Å². The molecule has 4 heteroatoms. The van der Waals surface area contributed by atoms with Gasteiger partial charge in [-0.2, -0.15) is 0 Å². The van der Waals surface area contributed by atoms with Gasteiger partial charge >= 0.3 is 0 Å². The molecule has 3 N–H and O–H groups in total. The first-order valence-electron chi connectivity index (χ1n) is 13.8. The second-order valence-electron chi connectivity index (χ2n) is 14.3. The summed E-state index contributed by atoms with van der Waals surface area (Å²) in [6, 6.07) is 0. The van der Waals surface area contributed by atoms with Crippen molar-refractivity contribution in [3.8, 4) is 0 Å². The molecule has 5 aliphatic rings. The summed E-state index contributed by atoms with van der Waals surface area (Å²) in [6.07, 6.45) is 14.9. The van der Waals surface area contributed by atoms with Gasteiger partial charge in [-0.25, -0.2) is 0 Å². The molecule has 1 spiro atoms.